The Balaban J connectivity index is 1.48. The van der Waals surface area contributed by atoms with Gasteiger partial charge in [0, 0.05) is 16.3 Å². The van der Waals surface area contributed by atoms with Crippen molar-refractivity contribution in [1.82, 2.24) is 0 Å². The molecule has 0 heterocycles. The highest BCUT2D eigenvalue weighted by molar-refractivity contribution is 8.00. The maximum absolute atomic E-state index is 13.4. The summed E-state index contributed by atoms with van der Waals surface area (Å²) in [7, 11) is 0. The first-order chi connectivity index (χ1) is 17.9. The molecule has 6 nitrogen and oxygen atoms in total. The van der Waals surface area contributed by atoms with Crippen molar-refractivity contribution >= 4 is 40.9 Å². The fourth-order valence-electron chi connectivity index (χ4n) is 3.73. The Bertz CT molecular complexity index is 1390. The van der Waals surface area contributed by atoms with E-state index in [0.29, 0.717) is 11.4 Å². The van der Waals surface area contributed by atoms with Crippen molar-refractivity contribution in [2.24, 2.45) is 0 Å². The Morgan fingerprint density at radius 3 is 2.11 bits per heavy atom. The van der Waals surface area contributed by atoms with Gasteiger partial charge in [-0.05, 0) is 60.0 Å². The number of carbonyl (C=O) groups excluding carboxylic acids is 2. The van der Waals surface area contributed by atoms with Crippen LogP contribution in [0.3, 0.4) is 0 Å². The SMILES string of the molecule is Cc1ccc(C(=O)O)cc1NC(=O)C(Sc1ccc(NC(=O)Cc2ccccc2)cc1)c1ccccc1. The van der Waals surface area contributed by atoms with Gasteiger partial charge in [0.25, 0.3) is 0 Å². The van der Waals surface area contributed by atoms with Crippen LogP contribution >= 0.6 is 11.8 Å². The van der Waals surface area contributed by atoms with Crippen LogP contribution < -0.4 is 10.6 Å². The molecular formula is C30H26N2O4S. The molecule has 0 aromatic heterocycles. The zero-order chi connectivity index (χ0) is 26.2. The van der Waals surface area contributed by atoms with Crippen molar-refractivity contribution in [3.8, 4) is 0 Å². The van der Waals surface area contributed by atoms with E-state index in [-0.39, 0.29) is 23.8 Å². The van der Waals surface area contributed by atoms with E-state index in [2.05, 4.69) is 10.6 Å². The maximum Gasteiger partial charge on any atom is 0.335 e. The number of carboxylic acid groups (broad SMARTS) is 1. The molecule has 0 bridgehead atoms. The van der Waals surface area contributed by atoms with Gasteiger partial charge in [-0.2, -0.15) is 0 Å². The number of carboxylic acids is 1. The van der Waals surface area contributed by atoms with Crippen LogP contribution in [-0.2, 0) is 16.0 Å². The van der Waals surface area contributed by atoms with E-state index in [1.54, 1.807) is 6.07 Å². The summed E-state index contributed by atoms with van der Waals surface area (Å²) >= 11 is 1.37. The minimum Gasteiger partial charge on any atom is -0.478 e. The smallest absolute Gasteiger partial charge is 0.335 e. The number of benzene rings is 4. The number of carbonyl (C=O) groups is 3. The van der Waals surface area contributed by atoms with E-state index in [9.17, 15) is 19.5 Å². The van der Waals surface area contributed by atoms with Crippen molar-refractivity contribution in [2.75, 3.05) is 10.6 Å². The van der Waals surface area contributed by atoms with E-state index in [4.69, 9.17) is 0 Å². The summed E-state index contributed by atoms with van der Waals surface area (Å²) in [5.74, 6) is -1.42. The van der Waals surface area contributed by atoms with Gasteiger partial charge in [0.2, 0.25) is 11.8 Å². The number of hydrogen-bond donors (Lipinski definition) is 3. The first-order valence-electron chi connectivity index (χ1n) is 11.7. The van der Waals surface area contributed by atoms with E-state index in [1.807, 2.05) is 91.9 Å². The molecule has 0 aliphatic heterocycles. The summed E-state index contributed by atoms with van der Waals surface area (Å²) in [5.41, 5.74) is 3.76. The van der Waals surface area contributed by atoms with Gasteiger partial charge < -0.3 is 15.7 Å². The van der Waals surface area contributed by atoms with Crippen LogP contribution in [0.5, 0.6) is 0 Å². The van der Waals surface area contributed by atoms with Crippen molar-refractivity contribution in [2.45, 2.75) is 23.5 Å². The summed E-state index contributed by atoms with van der Waals surface area (Å²) in [4.78, 5) is 38.0. The summed E-state index contributed by atoms with van der Waals surface area (Å²) in [6.45, 7) is 1.82. The third-order valence-electron chi connectivity index (χ3n) is 5.68. The molecule has 7 heteroatoms. The Morgan fingerprint density at radius 2 is 1.46 bits per heavy atom. The van der Waals surface area contributed by atoms with Gasteiger partial charge in [-0.15, -0.1) is 11.8 Å². The highest BCUT2D eigenvalue weighted by Crippen LogP contribution is 2.37. The van der Waals surface area contributed by atoms with Gasteiger partial charge in [-0.25, -0.2) is 4.79 Å². The van der Waals surface area contributed by atoms with Crippen molar-refractivity contribution in [1.29, 1.82) is 0 Å². The zero-order valence-electron chi connectivity index (χ0n) is 20.2. The molecule has 186 valence electrons. The second-order valence-corrected chi connectivity index (χ2v) is 9.65. The van der Waals surface area contributed by atoms with Gasteiger partial charge >= 0.3 is 5.97 Å². The largest absolute Gasteiger partial charge is 0.478 e. The number of anilines is 2. The molecule has 1 atom stereocenters. The van der Waals surface area contributed by atoms with Gasteiger partial charge in [0.1, 0.15) is 5.25 Å². The number of aromatic carboxylic acids is 1. The van der Waals surface area contributed by atoms with Crippen LogP contribution in [0.2, 0.25) is 0 Å². The van der Waals surface area contributed by atoms with Gasteiger partial charge in [0.05, 0.1) is 12.0 Å². The first-order valence-corrected chi connectivity index (χ1v) is 12.6. The van der Waals surface area contributed by atoms with Crippen molar-refractivity contribution in [3.63, 3.8) is 0 Å². The van der Waals surface area contributed by atoms with Gasteiger partial charge in [-0.3, -0.25) is 9.59 Å². The molecule has 0 saturated carbocycles. The number of thioether (sulfide) groups is 1. The van der Waals surface area contributed by atoms with Crippen LogP contribution in [0.15, 0.2) is 108 Å². The predicted molar refractivity (Wildman–Crippen MR) is 147 cm³/mol. The molecular weight excluding hydrogens is 484 g/mol. The molecule has 0 aliphatic carbocycles. The lowest BCUT2D eigenvalue weighted by molar-refractivity contribution is -0.116. The molecule has 37 heavy (non-hydrogen) atoms. The monoisotopic (exact) mass is 510 g/mol. The highest BCUT2D eigenvalue weighted by atomic mass is 32.2. The minimum atomic E-state index is -1.06. The van der Waals surface area contributed by atoms with Crippen LogP contribution in [0.1, 0.15) is 32.3 Å². The lowest BCUT2D eigenvalue weighted by Gasteiger charge is -2.18. The highest BCUT2D eigenvalue weighted by Gasteiger charge is 2.23. The molecule has 0 spiro atoms. The lowest BCUT2D eigenvalue weighted by Crippen LogP contribution is -2.20. The number of hydrogen-bond acceptors (Lipinski definition) is 4. The van der Waals surface area contributed by atoms with Crippen LogP contribution in [0.4, 0.5) is 11.4 Å². The third kappa shape index (κ3) is 7.08. The van der Waals surface area contributed by atoms with E-state index >= 15 is 0 Å². The Hall–Kier alpha value is -4.36. The Morgan fingerprint density at radius 1 is 0.811 bits per heavy atom. The maximum atomic E-state index is 13.4. The Labute approximate surface area is 219 Å². The van der Waals surface area contributed by atoms with E-state index in [1.165, 1.54) is 23.9 Å². The average Bonchev–Trinajstić information content (AvgIpc) is 2.90. The molecule has 2 amide bonds. The second-order valence-electron chi connectivity index (χ2n) is 8.47. The number of aryl methyl sites for hydroxylation is 1. The van der Waals surface area contributed by atoms with E-state index < -0.39 is 11.2 Å². The molecule has 0 aliphatic rings. The molecule has 4 aromatic carbocycles. The molecule has 4 rings (SSSR count). The molecule has 0 fully saturated rings. The number of amides is 2. The number of nitrogens with one attached hydrogen (secondary N) is 2. The quantitative estimate of drug-likeness (QED) is 0.228. The van der Waals surface area contributed by atoms with Crippen LogP contribution in [0, 0.1) is 6.92 Å². The molecule has 0 radical (unpaired) electrons. The van der Waals surface area contributed by atoms with Crippen molar-refractivity contribution < 1.29 is 19.5 Å². The minimum absolute atomic E-state index is 0.105. The summed E-state index contributed by atoms with van der Waals surface area (Å²) < 4.78 is 0. The van der Waals surface area contributed by atoms with E-state index in [0.717, 1.165) is 21.6 Å². The summed E-state index contributed by atoms with van der Waals surface area (Å²) in [6, 6.07) is 30.9. The summed E-state index contributed by atoms with van der Waals surface area (Å²) in [5, 5.41) is 14.6. The molecule has 1 unspecified atom stereocenters. The first kappa shape index (κ1) is 25.7. The number of rotatable bonds is 9. The average molecular weight is 511 g/mol. The third-order valence-corrected chi connectivity index (χ3v) is 6.95. The Kier molecular flexibility index (Phi) is 8.38. The molecule has 4 aromatic rings. The van der Waals surface area contributed by atoms with Crippen molar-refractivity contribution in [3.05, 3.63) is 125 Å². The topological polar surface area (TPSA) is 95.5 Å². The zero-order valence-corrected chi connectivity index (χ0v) is 21.0. The normalized spacial score (nSPS) is 11.4. The summed E-state index contributed by atoms with van der Waals surface area (Å²) in [6.07, 6.45) is 0.288. The lowest BCUT2D eigenvalue weighted by atomic mass is 10.1. The van der Waals surface area contributed by atoms with Gasteiger partial charge in [-0.1, -0.05) is 66.7 Å². The fraction of sp³-hybridized carbons (Fsp3) is 0.100. The predicted octanol–water partition coefficient (Wildman–Crippen LogP) is 6.35. The van der Waals surface area contributed by atoms with Gasteiger partial charge in [0.15, 0.2) is 0 Å². The fourth-order valence-corrected chi connectivity index (χ4v) is 4.75. The molecule has 0 saturated heterocycles. The second kappa shape index (κ2) is 12.1. The van der Waals surface area contributed by atoms with Crippen LogP contribution in [-0.4, -0.2) is 22.9 Å². The standard InChI is InChI=1S/C30H26N2O4S/c1-20-12-13-23(30(35)36)19-26(20)32-29(34)28(22-10-6-3-7-11-22)37-25-16-14-24(15-17-25)31-27(33)18-21-8-4-2-5-9-21/h2-17,19,28H,18H2,1H3,(H,31,33)(H,32,34)(H,35,36). The van der Waals surface area contributed by atoms with Crippen LogP contribution in [0.25, 0.3) is 0 Å². The molecule has 3 N–H and O–H groups in total.